The maximum absolute atomic E-state index is 12.3. The molecule has 2 aromatic rings. The van der Waals surface area contributed by atoms with Gasteiger partial charge in [0, 0.05) is 11.7 Å². The molecular weight excluding hydrogens is 352 g/mol. The average molecular weight is 374 g/mol. The molecule has 1 aromatic heterocycles. The Bertz CT molecular complexity index is 878. The van der Waals surface area contributed by atoms with Gasteiger partial charge in [-0.15, -0.1) is 10.2 Å². The Labute approximate surface area is 153 Å². The second-order valence-corrected chi connectivity index (χ2v) is 9.01. The zero-order chi connectivity index (χ0) is 18.7. The fourth-order valence-corrected chi connectivity index (χ4v) is 4.47. The quantitative estimate of drug-likeness (QED) is 0.834. The van der Waals surface area contributed by atoms with Gasteiger partial charge in [-0.05, 0) is 42.2 Å². The third-order valence-electron chi connectivity index (χ3n) is 4.32. The Morgan fingerprint density at radius 1 is 1.12 bits per heavy atom. The molecule has 1 fully saturated rings. The molecule has 0 saturated carbocycles. The molecule has 1 amide bonds. The lowest BCUT2D eigenvalue weighted by atomic mass is 10.0. The number of sulfone groups is 1. The number of nitrogens with one attached hydrogen (secondary N) is 2. The topological polar surface area (TPSA) is 101 Å². The summed E-state index contributed by atoms with van der Waals surface area (Å²) >= 11 is 0. The number of amides is 1. The molecule has 0 bridgehead atoms. The van der Waals surface area contributed by atoms with Gasteiger partial charge in [-0.3, -0.25) is 4.79 Å². The number of hydrogen-bond donors (Lipinski definition) is 2. The van der Waals surface area contributed by atoms with Crippen LogP contribution >= 0.6 is 0 Å². The highest BCUT2D eigenvalue weighted by Gasteiger charge is 2.28. The molecule has 7 nitrogen and oxygen atoms in total. The van der Waals surface area contributed by atoms with E-state index in [-0.39, 0.29) is 29.1 Å². The van der Waals surface area contributed by atoms with Crippen molar-refractivity contribution in [3.63, 3.8) is 0 Å². The van der Waals surface area contributed by atoms with Crippen molar-refractivity contribution in [1.29, 1.82) is 0 Å². The van der Waals surface area contributed by atoms with Gasteiger partial charge in [0.2, 0.25) is 0 Å². The molecule has 0 radical (unpaired) electrons. The fraction of sp³-hybridized carbons (Fsp3) is 0.389. The van der Waals surface area contributed by atoms with Crippen molar-refractivity contribution < 1.29 is 13.2 Å². The number of hydrogen-bond acceptors (Lipinski definition) is 6. The van der Waals surface area contributed by atoms with Crippen LogP contribution in [0.5, 0.6) is 0 Å². The van der Waals surface area contributed by atoms with Crippen LogP contribution in [0.15, 0.2) is 36.4 Å². The molecule has 138 valence electrons. The Morgan fingerprint density at radius 2 is 1.85 bits per heavy atom. The number of aromatic nitrogens is 2. The van der Waals surface area contributed by atoms with Crippen LogP contribution < -0.4 is 10.6 Å². The van der Waals surface area contributed by atoms with Gasteiger partial charge >= 0.3 is 0 Å². The first-order valence-corrected chi connectivity index (χ1v) is 10.4. The third kappa shape index (κ3) is 4.57. The summed E-state index contributed by atoms with van der Waals surface area (Å²) in [7, 11) is -2.96. The zero-order valence-electron chi connectivity index (χ0n) is 14.8. The van der Waals surface area contributed by atoms with Gasteiger partial charge in [0.25, 0.3) is 5.91 Å². The first kappa shape index (κ1) is 18.3. The fourth-order valence-electron chi connectivity index (χ4n) is 2.79. The first-order chi connectivity index (χ1) is 12.3. The number of anilines is 2. The van der Waals surface area contributed by atoms with E-state index < -0.39 is 9.84 Å². The van der Waals surface area contributed by atoms with E-state index in [1.54, 1.807) is 12.1 Å². The van der Waals surface area contributed by atoms with Crippen molar-refractivity contribution in [2.45, 2.75) is 32.2 Å². The van der Waals surface area contributed by atoms with Crippen molar-refractivity contribution >= 4 is 27.2 Å². The number of carbonyl (C=O) groups excluding carboxylic acids is 1. The molecule has 1 aromatic carbocycles. The van der Waals surface area contributed by atoms with Gasteiger partial charge in [0.1, 0.15) is 5.82 Å². The Morgan fingerprint density at radius 3 is 2.38 bits per heavy atom. The van der Waals surface area contributed by atoms with Crippen LogP contribution in [-0.4, -0.2) is 42.1 Å². The monoisotopic (exact) mass is 374 g/mol. The van der Waals surface area contributed by atoms with Crippen LogP contribution in [0, 0.1) is 0 Å². The summed E-state index contributed by atoms with van der Waals surface area (Å²) in [6.07, 6.45) is 0.554. The van der Waals surface area contributed by atoms with Gasteiger partial charge in [-0.2, -0.15) is 0 Å². The van der Waals surface area contributed by atoms with E-state index in [9.17, 15) is 13.2 Å². The highest BCUT2D eigenvalue weighted by atomic mass is 32.2. The standard InChI is InChI=1S/C18H22N4O3S/c1-12(2)13-3-5-14(6-4-13)20-18(23)16-7-8-17(22-21-16)19-15-9-10-26(24,25)11-15/h3-8,12,15H,9-11H2,1-2H3,(H,19,22)(H,20,23). The summed E-state index contributed by atoms with van der Waals surface area (Å²) in [4.78, 5) is 12.3. The number of nitrogens with zero attached hydrogens (tertiary/aromatic N) is 2. The Hall–Kier alpha value is -2.48. The molecule has 2 N–H and O–H groups in total. The van der Waals surface area contributed by atoms with Crippen LogP contribution in [0.4, 0.5) is 11.5 Å². The minimum absolute atomic E-state index is 0.100. The smallest absolute Gasteiger partial charge is 0.276 e. The van der Waals surface area contributed by atoms with E-state index >= 15 is 0 Å². The van der Waals surface area contributed by atoms with Gasteiger partial charge < -0.3 is 10.6 Å². The predicted octanol–water partition coefficient (Wildman–Crippen LogP) is 2.45. The number of benzene rings is 1. The van der Waals surface area contributed by atoms with Gasteiger partial charge in [0.15, 0.2) is 15.5 Å². The average Bonchev–Trinajstić information content (AvgIpc) is 2.94. The molecule has 0 aliphatic carbocycles. The Kier molecular flexibility index (Phi) is 5.22. The van der Waals surface area contributed by atoms with Crippen molar-refractivity contribution in [3.8, 4) is 0 Å². The van der Waals surface area contributed by atoms with Crippen molar-refractivity contribution in [2.24, 2.45) is 0 Å². The third-order valence-corrected chi connectivity index (χ3v) is 6.08. The lowest BCUT2D eigenvalue weighted by Crippen LogP contribution is -2.22. The number of carbonyl (C=O) groups is 1. The zero-order valence-corrected chi connectivity index (χ0v) is 15.6. The van der Waals surface area contributed by atoms with E-state index in [0.717, 1.165) is 0 Å². The van der Waals surface area contributed by atoms with Gasteiger partial charge in [-0.1, -0.05) is 26.0 Å². The first-order valence-electron chi connectivity index (χ1n) is 8.54. The molecule has 1 unspecified atom stereocenters. The van der Waals surface area contributed by atoms with Crippen LogP contribution in [0.2, 0.25) is 0 Å². The molecule has 2 heterocycles. The maximum Gasteiger partial charge on any atom is 0.276 e. The highest BCUT2D eigenvalue weighted by molar-refractivity contribution is 7.91. The highest BCUT2D eigenvalue weighted by Crippen LogP contribution is 2.18. The summed E-state index contributed by atoms with van der Waals surface area (Å²) in [6, 6.07) is 10.7. The molecule has 1 saturated heterocycles. The van der Waals surface area contributed by atoms with Crippen LogP contribution in [0.1, 0.15) is 42.2 Å². The van der Waals surface area contributed by atoms with Crippen molar-refractivity contribution in [1.82, 2.24) is 10.2 Å². The summed E-state index contributed by atoms with van der Waals surface area (Å²) in [6.45, 7) is 4.22. The second-order valence-electron chi connectivity index (χ2n) is 6.78. The molecule has 0 spiro atoms. The Balaban J connectivity index is 1.60. The summed E-state index contributed by atoms with van der Waals surface area (Å²) < 4.78 is 23.0. The van der Waals surface area contributed by atoms with Gasteiger partial charge in [-0.25, -0.2) is 8.42 Å². The summed E-state index contributed by atoms with van der Waals surface area (Å²) in [5.74, 6) is 0.840. The van der Waals surface area contributed by atoms with Gasteiger partial charge in [0.05, 0.1) is 11.5 Å². The summed E-state index contributed by atoms with van der Waals surface area (Å²) in [5.41, 5.74) is 2.09. The number of rotatable bonds is 5. The predicted molar refractivity (Wildman–Crippen MR) is 101 cm³/mol. The lowest BCUT2D eigenvalue weighted by Gasteiger charge is -2.11. The van der Waals surface area contributed by atoms with E-state index in [4.69, 9.17) is 0 Å². The molecule has 1 atom stereocenters. The maximum atomic E-state index is 12.3. The molecule has 26 heavy (non-hydrogen) atoms. The minimum atomic E-state index is -2.96. The van der Waals surface area contributed by atoms with Crippen molar-refractivity contribution in [3.05, 3.63) is 47.7 Å². The second kappa shape index (κ2) is 7.41. The molecule has 1 aliphatic rings. The van der Waals surface area contributed by atoms with Crippen molar-refractivity contribution in [2.75, 3.05) is 22.1 Å². The summed E-state index contributed by atoms with van der Waals surface area (Å²) in [5, 5.41) is 13.7. The molecular formula is C18H22N4O3S. The van der Waals surface area contributed by atoms with E-state index in [2.05, 4.69) is 34.7 Å². The van der Waals surface area contributed by atoms with E-state index in [0.29, 0.717) is 23.8 Å². The minimum Gasteiger partial charge on any atom is -0.365 e. The van der Waals surface area contributed by atoms with Crippen LogP contribution in [0.25, 0.3) is 0 Å². The van der Waals surface area contributed by atoms with E-state index in [1.165, 1.54) is 5.56 Å². The van der Waals surface area contributed by atoms with Crippen LogP contribution in [-0.2, 0) is 9.84 Å². The lowest BCUT2D eigenvalue weighted by molar-refractivity contribution is 0.102. The molecule has 1 aliphatic heterocycles. The van der Waals surface area contributed by atoms with Crippen LogP contribution in [0.3, 0.4) is 0 Å². The normalized spacial score (nSPS) is 18.7. The largest absolute Gasteiger partial charge is 0.365 e. The van der Waals surface area contributed by atoms with E-state index in [1.807, 2.05) is 24.3 Å². The molecule has 3 rings (SSSR count). The SMILES string of the molecule is CC(C)c1ccc(NC(=O)c2ccc(NC3CCS(=O)(=O)C3)nn2)cc1. The molecule has 8 heteroatoms.